The molecule has 0 aliphatic heterocycles. The molecule has 2 amide bonds. The molecule has 2 N–H and O–H groups in total. The van der Waals surface area contributed by atoms with Crippen molar-refractivity contribution in [1.29, 1.82) is 0 Å². The molecular weight excluding hydrogens is 577 g/mol. The largest absolute Gasteiger partial charge is 0.497 e. The quantitative estimate of drug-likeness (QED) is 0.233. The summed E-state index contributed by atoms with van der Waals surface area (Å²) in [6.07, 6.45) is -0.322. The van der Waals surface area contributed by atoms with Gasteiger partial charge in [0.05, 0.1) is 25.4 Å². The van der Waals surface area contributed by atoms with Gasteiger partial charge in [-0.25, -0.2) is 9.97 Å². The van der Waals surface area contributed by atoms with Crippen molar-refractivity contribution >= 4 is 11.8 Å². The lowest BCUT2D eigenvalue weighted by molar-refractivity contribution is -0.140. The van der Waals surface area contributed by atoms with Gasteiger partial charge in [0.15, 0.2) is 0 Å². The molecule has 0 saturated heterocycles. The molecule has 4 aromatic rings. The van der Waals surface area contributed by atoms with Crippen LogP contribution in [-0.4, -0.2) is 40.5 Å². The molecule has 1 fully saturated rings. The molecule has 228 valence electrons. The molecule has 5 rings (SSSR count). The molecule has 0 radical (unpaired) electrons. The molecule has 1 aliphatic rings. The smallest absolute Gasteiger partial charge is 0.420 e. The van der Waals surface area contributed by atoms with Gasteiger partial charge in [-0.3, -0.25) is 9.59 Å². The molecule has 44 heavy (non-hydrogen) atoms. The maximum atomic E-state index is 13.5. The number of rotatable bonds is 11. The van der Waals surface area contributed by atoms with E-state index in [1.807, 2.05) is 30.3 Å². The first kappa shape index (κ1) is 30.5. The Morgan fingerprint density at radius 3 is 2.27 bits per heavy atom. The van der Waals surface area contributed by atoms with E-state index in [0.29, 0.717) is 12.2 Å². The number of alkyl halides is 3. The summed E-state index contributed by atoms with van der Waals surface area (Å²) >= 11 is 0. The zero-order valence-electron chi connectivity index (χ0n) is 23.6. The third-order valence-corrected chi connectivity index (χ3v) is 7.19. The Hall–Kier alpha value is -4.97. The molecule has 0 unspecified atom stereocenters. The van der Waals surface area contributed by atoms with Gasteiger partial charge in [-0.05, 0) is 41.5 Å². The minimum Gasteiger partial charge on any atom is -0.497 e. The van der Waals surface area contributed by atoms with E-state index in [9.17, 15) is 22.8 Å². The van der Waals surface area contributed by atoms with Crippen molar-refractivity contribution in [1.82, 2.24) is 20.6 Å². The number of benzene rings is 3. The summed E-state index contributed by atoms with van der Waals surface area (Å²) in [4.78, 5) is 34.1. The summed E-state index contributed by atoms with van der Waals surface area (Å²) in [7, 11) is 1.28. The Kier molecular flexibility index (Phi) is 9.09. The second kappa shape index (κ2) is 13.1. The minimum absolute atomic E-state index is 0.0577. The van der Waals surface area contributed by atoms with E-state index in [0.717, 1.165) is 11.6 Å². The number of hydrogen-bond acceptors (Lipinski definition) is 7. The zero-order chi connectivity index (χ0) is 31.2. The van der Waals surface area contributed by atoms with Gasteiger partial charge in [0.25, 0.3) is 5.91 Å². The van der Waals surface area contributed by atoms with Gasteiger partial charge in [0.2, 0.25) is 5.91 Å². The van der Waals surface area contributed by atoms with Gasteiger partial charge in [0, 0.05) is 31.8 Å². The monoisotopic (exact) mass is 606 g/mol. The van der Waals surface area contributed by atoms with Crippen LogP contribution in [0.2, 0.25) is 0 Å². The van der Waals surface area contributed by atoms with E-state index in [4.69, 9.17) is 14.2 Å². The van der Waals surface area contributed by atoms with E-state index in [-0.39, 0.29) is 48.3 Å². The number of methoxy groups -OCH3 is 1. The Bertz CT molecular complexity index is 1580. The number of ether oxygens (including phenoxy) is 3. The van der Waals surface area contributed by atoms with Crippen LogP contribution >= 0.6 is 0 Å². The SMILES string of the molecule is COc1ccc(Oc2ccc(CNC(=O)C3(NC(=O)c4cncnc4)CC(OCc4ccccc4)C3)cc2)c(C(F)(F)F)c1. The van der Waals surface area contributed by atoms with Crippen LogP contribution in [0.15, 0.2) is 91.5 Å². The van der Waals surface area contributed by atoms with Crippen molar-refractivity contribution in [2.75, 3.05) is 7.11 Å². The Morgan fingerprint density at radius 2 is 1.61 bits per heavy atom. The fourth-order valence-electron chi connectivity index (χ4n) is 4.77. The topological polar surface area (TPSA) is 112 Å². The fourth-order valence-corrected chi connectivity index (χ4v) is 4.77. The lowest BCUT2D eigenvalue weighted by atomic mass is 9.73. The van der Waals surface area contributed by atoms with Gasteiger partial charge < -0.3 is 24.8 Å². The molecule has 12 heteroatoms. The summed E-state index contributed by atoms with van der Waals surface area (Å²) in [5, 5.41) is 5.70. The van der Waals surface area contributed by atoms with Crippen LogP contribution in [0.3, 0.4) is 0 Å². The zero-order valence-corrected chi connectivity index (χ0v) is 23.6. The summed E-state index contributed by atoms with van der Waals surface area (Å²) in [6.45, 7) is 0.482. The highest BCUT2D eigenvalue weighted by atomic mass is 19.4. The maximum absolute atomic E-state index is 13.5. The van der Waals surface area contributed by atoms with Crippen molar-refractivity contribution in [2.45, 2.75) is 43.8 Å². The minimum atomic E-state index is -4.64. The van der Waals surface area contributed by atoms with Gasteiger partial charge >= 0.3 is 6.18 Å². The number of hydrogen-bond donors (Lipinski definition) is 2. The Morgan fingerprint density at radius 1 is 0.932 bits per heavy atom. The van der Waals surface area contributed by atoms with Crippen molar-refractivity contribution in [3.63, 3.8) is 0 Å². The molecule has 3 aromatic carbocycles. The highest BCUT2D eigenvalue weighted by molar-refractivity contribution is 5.99. The lowest BCUT2D eigenvalue weighted by Crippen LogP contribution is -2.67. The average Bonchev–Trinajstić information content (AvgIpc) is 3.02. The predicted molar refractivity (Wildman–Crippen MR) is 153 cm³/mol. The third-order valence-electron chi connectivity index (χ3n) is 7.19. The second-order valence-electron chi connectivity index (χ2n) is 10.3. The summed E-state index contributed by atoms with van der Waals surface area (Å²) < 4.78 is 57.0. The highest BCUT2D eigenvalue weighted by Crippen LogP contribution is 2.40. The normalized spacial score (nSPS) is 17.7. The molecule has 9 nitrogen and oxygen atoms in total. The van der Waals surface area contributed by atoms with Crippen LogP contribution in [0.1, 0.15) is 39.9 Å². The van der Waals surface area contributed by atoms with E-state index in [2.05, 4.69) is 20.6 Å². The number of nitrogens with one attached hydrogen (secondary N) is 2. The van der Waals surface area contributed by atoms with Gasteiger partial charge in [0.1, 0.15) is 34.7 Å². The number of aromatic nitrogens is 2. The Balaban J connectivity index is 1.22. The highest BCUT2D eigenvalue weighted by Gasteiger charge is 2.52. The van der Waals surface area contributed by atoms with E-state index >= 15 is 0 Å². The van der Waals surface area contributed by atoms with Crippen LogP contribution in [0.5, 0.6) is 17.2 Å². The van der Waals surface area contributed by atoms with E-state index < -0.39 is 29.1 Å². The molecule has 1 aliphatic carbocycles. The molecule has 0 atom stereocenters. The van der Waals surface area contributed by atoms with Crippen molar-refractivity contribution in [3.05, 3.63) is 114 Å². The first-order valence-corrected chi connectivity index (χ1v) is 13.7. The van der Waals surface area contributed by atoms with Crippen molar-refractivity contribution in [2.24, 2.45) is 0 Å². The standard InChI is InChI=1S/C32H29F3N4O5/c1-42-25-11-12-28(27(13-25)32(33,34)35)44-24-9-7-21(8-10-24)16-38-30(41)31(39-29(40)23-17-36-20-37-18-23)14-26(15-31)43-19-22-5-3-2-4-6-22/h2-13,17-18,20,26H,14-16,19H2,1H3,(H,38,41)(H,39,40). The number of halogens is 3. The van der Waals surface area contributed by atoms with Crippen LogP contribution in [-0.2, 0) is 28.9 Å². The van der Waals surface area contributed by atoms with Gasteiger partial charge in [-0.1, -0.05) is 42.5 Å². The summed E-state index contributed by atoms with van der Waals surface area (Å²) in [6, 6.07) is 19.4. The molecule has 0 spiro atoms. The first-order valence-electron chi connectivity index (χ1n) is 13.7. The number of carbonyl (C=O) groups excluding carboxylic acids is 2. The Labute approximate surface area is 251 Å². The molecule has 0 bridgehead atoms. The third kappa shape index (κ3) is 7.32. The number of amides is 2. The second-order valence-corrected chi connectivity index (χ2v) is 10.3. The number of carbonyl (C=O) groups is 2. The van der Waals surface area contributed by atoms with Crippen molar-refractivity contribution in [3.8, 4) is 17.2 Å². The van der Waals surface area contributed by atoms with Crippen molar-refractivity contribution < 1.29 is 37.0 Å². The summed E-state index contributed by atoms with van der Waals surface area (Å²) in [5.41, 5.74) is -0.289. The summed E-state index contributed by atoms with van der Waals surface area (Å²) in [5.74, 6) is -1.00. The first-order chi connectivity index (χ1) is 21.1. The van der Waals surface area contributed by atoms with Gasteiger partial charge in [-0.2, -0.15) is 13.2 Å². The predicted octanol–water partition coefficient (Wildman–Crippen LogP) is 5.46. The van der Waals surface area contributed by atoms with Crippen LogP contribution in [0.25, 0.3) is 0 Å². The molecule has 1 heterocycles. The average molecular weight is 607 g/mol. The van der Waals surface area contributed by atoms with Crippen LogP contribution < -0.4 is 20.1 Å². The van der Waals surface area contributed by atoms with E-state index in [1.165, 1.54) is 50.1 Å². The number of nitrogens with zero attached hydrogens (tertiary/aromatic N) is 2. The lowest BCUT2D eigenvalue weighted by Gasteiger charge is -2.46. The van der Waals surface area contributed by atoms with Crippen LogP contribution in [0, 0.1) is 0 Å². The van der Waals surface area contributed by atoms with E-state index in [1.54, 1.807) is 12.1 Å². The van der Waals surface area contributed by atoms with Crippen LogP contribution in [0.4, 0.5) is 13.2 Å². The molecule has 1 aromatic heterocycles. The maximum Gasteiger partial charge on any atom is 0.420 e. The fraction of sp³-hybridized carbons (Fsp3) is 0.250. The molecule has 1 saturated carbocycles. The van der Waals surface area contributed by atoms with Gasteiger partial charge in [-0.15, -0.1) is 0 Å². The molecular formula is C32H29F3N4O5.